The molecule has 0 amide bonds. The third kappa shape index (κ3) is 3290. The molecule has 0 aromatic rings. The van der Waals surface area contributed by atoms with Crippen molar-refractivity contribution >= 4 is 8.25 Å². The molecule has 4 N–H and O–H groups in total. The molecule has 5 heteroatoms. The molecule has 0 aliphatic rings. The van der Waals surface area contributed by atoms with Crippen molar-refractivity contribution in [2.45, 2.75) is 0 Å². The van der Waals surface area contributed by atoms with Gasteiger partial charge in [0.2, 0.25) is 0 Å². The molecule has 6 heavy (non-hydrogen) atoms. The number of rotatable bonds is 0. The highest BCUT2D eigenvalue weighted by molar-refractivity contribution is 7.30. The Morgan fingerprint density at radius 3 is 1.50 bits per heavy atom. The van der Waals surface area contributed by atoms with Gasteiger partial charge in [-0.05, 0) is 7.05 Å². The maximum atomic E-state index is 8.74. The summed E-state index contributed by atoms with van der Waals surface area (Å²) >= 11 is 0. The standard InChI is InChI=1S/CH5N.H3O3P/c1-2;1-4(2)3/h2H2,1H3;4H,(H2,1,2,3). The summed E-state index contributed by atoms with van der Waals surface area (Å²) < 4.78 is 8.74. The zero-order valence-electron chi connectivity index (χ0n) is 3.38. The average Bonchev–Trinajstić information content (AvgIpc) is 1.41. The van der Waals surface area contributed by atoms with Crippen molar-refractivity contribution in [3.63, 3.8) is 0 Å². The average molecular weight is 113 g/mol. The first kappa shape index (κ1) is 9.44. The normalized spacial score (nSPS) is 6.83. The Morgan fingerprint density at radius 2 is 1.50 bits per heavy atom. The Bertz CT molecular complexity index is 33.8. The van der Waals surface area contributed by atoms with E-state index in [2.05, 4.69) is 5.73 Å². The maximum absolute atomic E-state index is 8.74. The van der Waals surface area contributed by atoms with Crippen LogP contribution in [-0.2, 0) is 4.57 Å². The summed E-state index contributed by atoms with van der Waals surface area (Å²) in [4.78, 5) is 14.3. The first-order chi connectivity index (χ1) is 2.73. The van der Waals surface area contributed by atoms with E-state index in [1.54, 1.807) is 0 Å². The minimum atomic E-state index is -3.13. The predicted molar refractivity (Wildman–Crippen MR) is 23.6 cm³/mol. The van der Waals surface area contributed by atoms with Gasteiger partial charge >= 0.3 is 8.25 Å². The minimum Gasteiger partial charge on any atom is -0.333 e. The third-order valence-electron chi connectivity index (χ3n) is 0. The molecular formula is CH8NO3P. The summed E-state index contributed by atoms with van der Waals surface area (Å²) in [5, 5.41) is 0. The maximum Gasteiger partial charge on any atom is 0.314 e. The van der Waals surface area contributed by atoms with Gasteiger partial charge in [0.1, 0.15) is 0 Å². The molecule has 0 bridgehead atoms. The first-order valence-corrected chi connectivity index (χ1v) is 2.53. The molecule has 0 radical (unpaired) electrons. The molecule has 0 aromatic heterocycles. The van der Waals surface area contributed by atoms with Gasteiger partial charge in [-0.2, -0.15) is 0 Å². The van der Waals surface area contributed by atoms with Crippen molar-refractivity contribution in [1.29, 1.82) is 0 Å². The van der Waals surface area contributed by atoms with E-state index in [1.165, 1.54) is 7.05 Å². The van der Waals surface area contributed by atoms with Crippen LogP contribution in [0.1, 0.15) is 0 Å². The van der Waals surface area contributed by atoms with Crippen LogP contribution >= 0.6 is 8.25 Å². The van der Waals surface area contributed by atoms with Crippen molar-refractivity contribution < 1.29 is 14.4 Å². The number of nitrogens with two attached hydrogens (primary N) is 1. The SMILES string of the molecule is CN.O=[PH](O)O. The Labute approximate surface area is 36.6 Å². The van der Waals surface area contributed by atoms with Crippen molar-refractivity contribution in [3.05, 3.63) is 0 Å². The molecule has 0 saturated heterocycles. The lowest BCUT2D eigenvalue weighted by Crippen LogP contribution is -1.69. The lowest BCUT2D eigenvalue weighted by atomic mass is 11.6. The second-order valence-corrected chi connectivity index (χ2v) is 0.848. The Hall–Kier alpha value is 0.110. The molecule has 0 rings (SSSR count). The van der Waals surface area contributed by atoms with Crippen LogP contribution in [0.25, 0.3) is 0 Å². The molecule has 0 aliphatic heterocycles. The quantitative estimate of drug-likeness (QED) is 0.349. The molecule has 0 heterocycles. The summed E-state index contributed by atoms with van der Waals surface area (Å²) in [5.41, 5.74) is 4.50. The zero-order chi connectivity index (χ0) is 5.58. The van der Waals surface area contributed by atoms with Crippen LogP contribution < -0.4 is 5.73 Å². The minimum absolute atomic E-state index is 1.50. The molecule has 4 nitrogen and oxygen atoms in total. The van der Waals surface area contributed by atoms with E-state index in [-0.39, 0.29) is 0 Å². The van der Waals surface area contributed by atoms with Gasteiger partial charge < -0.3 is 15.5 Å². The number of hydrogen-bond donors (Lipinski definition) is 3. The van der Waals surface area contributed by atoms with Crippen LogP contribution in [0.15, 0.2) is 0 Å². The molecular weight excluding hydrogens is 105 g/mol. The van der Waals surface area contributed by atoms with Crippen molar-refractivity contribution in [1.82, 2.24) is 0 Å². The van der Waals surface area contributed by atoms with Gasteiger partial charge in [-0.15, -0.1) is 0 Å². The van der Waals surface area contributed by atoms with Gasteiger partial charge in [0.05, 0.1) is 0 Å². The number of hydrogen-bond acceptors (Lipinski definition) is 2. The largest absolute Gasteiger partial charge is 0.333 e. The van der Waals surface area contributed by atoms with E-state index in [9.17, 15) is 0 Å². The van der Waals surface area contributed by atoms with Crippen LogP contribution in [-0.4, -0.2) is 16.8 Å². The summed E-state index contributed by atoms with van der Waals surface area (Å²) in [5.74, 6) is 0. The molecule has 0 fully saturated rings. The topological polar surface area (TPSA) is 83.6 Å². The van der Waals surface area contributed by atoms with Gasteiger partial charge in [-0.3, -0.25) is 4.57 Å². The highest BCUT2D eigenvalue weighted by Gasteiger charge is 1.61. The van der Waals surface area contributed by atoms with Crippen LogP contribution in [0, 0.1) is 0 Å². The Kier molecular flexibility index (Phi) is 14.0. The Balaban J connectivity index is 0. The van der Waals surface area contributed by atoms with Gasteiger partial charge in [0.15, 0.2) is 0 Å². The van der Waals surface area contributed by atoms with E-state index in [0.29, 0.717) is 0 Å². The monoisotopic (exact) mass is 113 g/mol. The zero-order valence-corrected chi connectivity index (χ0v) is 4.38. The molecule has 0 saturated carbocycles. The third-order valence-corrected chi connectivity index (χ3v) is 0. The molecule has 0 unspecified atom stereocenters. The van der Waals surface area contributed by atoms with Gasteiger partial charge in [0, 0.05) is 0 Å². The van der Waals surface area contributed by atoms with E-state index < -0.39 is 8.25 Å². The highest BCUT2D eigenvalue weighted by Crippen LogP contribution is 1.98. The molecule has 40 valence electrons. The predicted octanol–water partition coefficient (Wildman–Crippen LogP) is -1.06. The summed E-state index contributed by atoms with van der Waals surface area (Å²) in [6.07, 6.45) is 0. The summed E-state index contributed by atoms with van der Waals surface area (Å²) in [6.45, 7) is 0. The fraction of sp³-hybridized carbons (Fsp3) is 1.00. The van der Waals surface area contributed by atoms with E-state index in [4.69, 9.17) is 14.4 Å². The van der Waals surface area contributed by atoms with Crippen LogP contribution in [0.5, 0.6) is 0 Å². The lowest BCUT2D eigenvalue weighted by molar-refractivity contribution is 0.405. The second kappa shape index (κ2) is 8.92. The van der Waals surface area contributed by atoms with E-state index in [0.717, 1.165) is 0 Å². The molecule has 0 atom stereocenters. The fourth-order valence-electron chi connectivity index (χ4n) is 0. The van der Waals surface area contributed by atoms with Gasteiger partial charge in [-0.1, -0.05) is 0 Å². The smallest absolute Gasteiger partial charge is 0.314 e. The van der Waals surface area contributed by atoms with Crippen LogP contribution in [0.3, 0.4) is 0 Å². The lowest BCUT2D eigenvalue weighted by Gasteiger charge is -1.61. The van der Waals surface area contributed by atoms with Gasteiger partial charge in [-0.25, -0.2) is 0 Å². The second-order valence-electron chi connectivity index (χ2n) is 0.283. The summed E-state index contributed by atoms with van der Waals surface area (Å²) in [7, 11) is -1.63. The van der Waals surface area contributed by atoms with E-state index in [1.807, 2.05) is 0 Å². The molecule has 0 spiro atoms. The van der Waals surface area contributed by atoms with Crippen LogP contribution in [0.4, 0.5) is 0 Å². The Morgan fingerprint density at radius 1 is 1.50 bits per heavy atom. The van der Waals surface area contributed by atoms with Crippen molar-refractivity contribution in [2.24, 2.45) is 5.73 Å². The molecule has 0 aliphatic carbocycles. The van der Waals surface area contributed by atoms with Crippen molar-refractivity contribution in [2.75, 3.05) is 7.05 Å². The highest BCUT2D eigenvalue weighted by atomic mass is 31.1. The van der Waals surface area contributed by atoms with Crippen molar-refractivity contribution in [3.8, 4) is 0 Å². The van der Waals surface area contributed by atoms with Crippen LogP contribution in [0.2, 0.25) is 0 Å². The molecule has 0 aromatic carbocycles. The fourth-order valence-corrected chi connectivity index (χ4v) is 0. The first-order valence-electron chi connectivity index (χ1n) is 1.23. The van der Waals surface area contributed by atoms with E-state index >= 15 is 0 Å². The van der Waals surface area contributed by atoms with Gasteiger partial charge in [0.25, 0.3) is 0 Å². The summed E-state index contributed by atoms with van der Waals surface area (Å²) in [6, 6.07) is 0.